The van der Waals surface area contributed by atoms with E-state index in [0.29, 0.717) is 0 Å². The van der Waals surface area contributed by atoms with Crippen molar-refractivity contribution in [3.05, 3.63) is 41.0 Å². The van der Waals surface area contributed by atoms with Crippen LogP contribution in [0.5, 0.6) is 0 Å². The van der Waals surface area contributed by atoms with E-state index in [9.17, 15) is 4.79 Å². The molecule has 3 heteroatoms. The number of nitriles is 1. The maximum atomic E-state index is 11.2. The van der Waals surface area contributed by atoms with E-state index in [-0.39, 0.29) is 5.57 Å². The van der Waals surface area contributed by atoms with E-state index in [1.807, 2.05) is 30.3 Å². The molecular weight excluding hydrogens is 214 g/mol. The largest absolute Gasteiger partial charge is 0.465 e. The number of esters is 1. The van der Waals surface area contributed by atoms with Crippen LogP contribution in [0.25, 0.3) is 6.08 Å². The number of nitrogens with zero attached hydrogens (tertiary/aromatic N) is 1. The van der Waals surface area contributed by atoms with Gasteiger partial charge in [0.2, 0.25) is 0 Å². The number of carbonyl (C=O) groups excluding carboxylic acids is 1. The molecule has 0 aliphatic rings. The average molecular weight is 229 g/mol. The van der Waals surface area contributed by atoms with Gasteiger partial charge in [0.15, 0.2) is 0 Å². The molecule has 0 N–H and O–H groups in total. The molecule has 0 spiro atoms. The van der Waals surface area contributed by atoms with Crippen molar-refractivity contribution in [2.45, 2.75) is 19.8 Å². The number of carbonyl (C=O) groups is 1. The van der Waals surface area contributed by atoms with E-state index in [0.717, 1.165) is 18.4 Å². The van der Waals surface area contributed by atoms with Crippen LogP contribution >= 0.6 is 0 Å². The quantitative estimate of drug-likeness (QED) is 0.453. The molecule has 88 valence electrons. The summed E-state index contributed by atoms with van der Waals surface area (Å²) in [6.07, 6.45) is 3.66. The molecule has 17 heavy (non-hydrogen) atoms. The first-order chi connectivity index (χ1) is 8.21. The molecule has 3 nitrogen and oxygen atoms in total. The van der Waals surface area contributed by atoms with Gasteiger partial charge in [0.05, 0.1) is 7.11 Å². The zero-order valence-electron chi connectivity index (χ0n) is 10.1. The number of aryl methyl sites for hydroxylation is 1. The number of methoxy groups -OCH3 is 1. The zero-order valence-corrected chi connectivity index (χ0v) is 10.1. The first-order valence-corrected chi connectivity index (χ1v) is 5.50. The Morgan fingerprint density at radius 2 is 2.06 bits per heavy atom. The molecule has 1 aromatic carbocycles. The van der Waals surface area contributed by atoms with Gasteiger partial charge in [0, 0.05) is 0 Å². The SMILES string of the molecule is CCCc1ccc(C=C(C#N)C(=O)OC)cc1. The third-order valence-corrected chi connectivity index (χ3v) is 2.36. The highest BCUT2D eigenvalue weighted by atomic mass is 16.5. The topological polar surface area (TPSA) is 50.1 Å². The summed E-state index contributed by atoms with van der Waals surface area (Å²) in [4.78, 5) is 11.2. The highest BCUT2D eigenvalue weighted by Gasteiger charge is 2.07. The lowest BCUT2D eigenvalue weighted by molar-refractivity contribution is -0.135. The summed E-state index contributed by atoms with van der Waals surface area (Å²) >= 11 is 0. The van der Waals surface area contributed by atoms with Gasteiger partial charge in [0.25, 0.3) is 0 Å². The molecule has 1 aromatic rings. The van der Waals surface area contributed by atoms with Crippen molar-refractivity contribution >= 4 is 12.0 Å². The molecule has 0 aliphatic carbocycles. The lowest BCUT2D eigenvalue weighted by Gasteiger charge is -2.00. The third kappa shape index (κ3) is 3.76. The first kappa shape index (κ1) is 13.0. The fourth-order valence-electron chi connectivity index (χ4n) is 1.48. The molecule has 0 amide bonds. The van der Waals surface area contributed by atoms with Crippen molar-refractivity contribution in [3.63, 3.8) is 0 Å². The Kier molecular flexibility index (Phi) is 4.96. The van der Waals surface area contributed by atoms with Crippen LogP contribution in [0.4, 0.5) is 0 Å². The molecule has 0 saturated carbocycles. The molecule has 1 rings (SSSR count). The summed E-state index contributed by atoms with van der Waals surface area (Å²) in [7, 11) is 1.26. The molecule has 0 bridgehead atoms. The van der Waals surface area contributed by atoms with E-state index >= 15 is 0 Å². The van der Waals surface area contributed by atoms with E-state index in [4.69, 9.17) is 5.26 Å². The van der Waals surface area contributed by atoms with Crippen molar-refractivity contribution in [2.75, 3.05) is 7.11 Å². The van der Waals surface area contributed by atoms with Gasteiger partial charge in [0.1, 0.15) is 11.6 Å². The van der Waals surface area contributed by atoms with Crippen LogP contribution < -0.4 is 0 Å². The molecule has 0 saturated heterocycles. The maximum Gasteiger partial charge on any atom is 0.348 e. The van der Waals surface area contributed by atoms with Crippen LogP contribution in [0.2, 0.25) is 0 Å². The predicted molar refractivity (Wildman–Crippen MR) is 66.0 cm³/mol. The second-order valence-electron chi connectivity index (χ2n) is 3.65. The minimum absolute atomic E-state index is 0.00995. The normalized spacial score (nSPS) is 10.8. The third-order valence-electron chi connectivity index (χ3n) is 2.36. The zero-order chi connectivity index (χ0) is 12.7. The summed E-state index contributed by atoms with van der Waals surface area (Å²) in [6, 6.07) is 9.62. The Morgan fingerprint density at radius 3 is 2.53 bits per heavy atom. The Labute approximate surface area is 101 Å². The van der Waals surface area contributed by atoms with Crippen LogP contribution in [-0.2, 0) is 16.0 Å². The Balaban J connectivity index is 2.90. The van der Waals surface area contributed by atoms with Gasteiger partial charge in [-0.1, -0.05) is 37.6 Å². The van der Waals surface area contributed by atoms with Crippen LogP contribution in [0.1, 0.15) is 24.5 Å². The standard InChI is InChI=1S/C14H15NO2/c1-3-4-11-5-7-12(8-6-11)9-13(10-15)14(16)17-2/h5-9H,3-4H2,1-2H3. The Hall–Kier alpha value is -2.08. The lowest BCUT2D eigenvalue weighted by atomic mass is 10.1. The van der Waals surface area contributed by atoms with Crippen molar-refractivity contribution in [1.82, 2.24) is 0 Å². The van der Waals surface area contributed by atoms with Gasteiger partial charge < -0.3 is 4.74 Å². The number of hydrogen-bond acceptors (Lipinski definition) is 3. The fraction of sp³-hybridized carbons (Fsp3) is 0.286. The van der Waals surface area contributed by atoms with Gasteiger partial charge in [-0.05, 0) is 23.6 Å². The minimum atomic E-state index is -0.606. The number of ether oxygens (including phenoxy) is 1. The van der Waals surface area contributed by atoms with E-state index in [1.54, 1.807) is 0 Å². The second kappa shape index (κ2) is 6.49. The van der Waals surface area contributed by atoms with E-state index < -0.39 is 5.97 Å². The van der Waals surface area contributed by atoms with Gasteiger partial charge in [-0.25, -0.2) is 4.79 Å². The van der Waals surface area contributed by atoms with Crippen molar-refractivity contribution in [1.29, 1.82) is 5.26 Å². The molecule has 0 radical (unpaired) electrons. The van der Waals surface area contributed by atoms with Gasteiger partial charge in [-0.3, -0.25) is 0 Å². The van der Waals surface area contributed by atoms with Crippen molar-refractivity contribution < 1.29 is 9.53 Å². The number of hydrogen-bond donors (Lipinski definition) is 0. The van der Waals surface area contributed by atoms with Crippen molar-refractivity contribution in [2.24, 2.45) is 0 Å². The van der Waals surface area contributed by atoms with Crippen LogP contribution in [0.3, 0.4) is 0 Å². The van der Waals surface area contributed by atoms with Gasteiger partial charge in [-0.15, -0.1) is 0 Å². The molecule has 0 fully saturated rings. The summed E-state index contributed by atoms with van der Waals surface area (Å²) in [5.41, 5.74) is 2.09. The molecule has 0 aliphatic heterocycles. The highest BCUT2D eigenvalue weighted by molar-refractivity contribution is 5.97. The number of rotatable bonds is 4. The predicted octanol–water partition coefficient (Wildman–Crippen LogP) is 2.72. The summed E-state index contributed by atoms with van der Waals surface area (Å²) in [5, 5.41) is 8.81. The summed E-state index contributed by atoms with van der Waals surface area (Å²) in [6.45, 7) is 2.12. The molecule has 0 aromatic heterocycles. The van der Waals surface area contributed by atoms with E-state index in [2.05, 4.69) is 11.7 Å². The summed E-state index contributed by atoms with van der Waals surface area (Å²) in [5.74, 6) is -0.606. The Morgan fingerprint density at radius 1 is 1.41 bits per heavy atom. The van der Waals surface area contributed by atoms with Gasteiger partial charge in [-0.2, -0.15) is 5.26 Å². The van der Waals surface area contributed by atoms with Crippen molar-refractivity contribution in [3.8, 4) is 6.07 Å². The highest BCUT2D eigenvalue weighted by Crippen LogP contribution is 2.11. The van der Waals surface area contributed by atoms with Gasteiger partial charge >= 0.3 is 5.97 Å². The maximum absolute atomic E-state index is 11.2. The smallest absolute Gasteiger partial charge is 0.348 e. The van der Waals surface area contributed by atoms with E-state index in [1.165, 1.54) is 18.7 Å². The molecular formula is C14H15NO2. The molecule has 0 unspecified atom stereocenters. The Bertz CT molecular complexity index is 452. The molecule has 0 heterocycles. The monoisotopic (exact) mass is 229 g/mol. The molecule has 0 atom stereocenters. The number of benzene rings is 1. The summed E-state index contributed by atoms with van der Waals surface area (Å²) < 4.78 is 4.51. The van der Waals surface area contributed by atoms with Crippen LogP contribution in [0, 0.1) is 11.3 Å². The second-order valence-corrected chi connectivity index (χ2v) is 3.65. The first-order valence-electron chi connectivity index (χ1n) is 5.50. The van der Waals surface area contributed by atoms with Crippen LogP contribution in [0.15, 0.2) is 29.8 Å². The minimum Gasteiger partial charge on any atom is -0.465 e. The fourth-order valence-corrected chi connectivity index (χ4v) is 1.48. The lowest BCUT2D eigenvalue weighted by Crippen LogP contribution is -2.02. The average Bonchev–Trinajstić information content (AvgIpc) is 2.37. The van der Waals surface area contributed by atoms with Crippen LogP contribution in [-0.4, -0.2) is 13.1 Å².